The minimum Gasteiger partial charge on any atom is -0.480 e. The Bertz CT molecular complexity index is 769. The van der Waals surface area contributed by atoms with Gasteiger partial charge in [0.15, 0.2) is 0 Å². The molecule has 1 aliphatic carbocycles. The van der Waals surface area contributed by atoms with Crippen LogP contribution in [-0.4, -0.2) is 35.9 Å². The normalized spacial score (nSPS) is 28.0. The predicted octanol–water partition coefficient (Wildman–Crippen LogP) is 1.96. The van der Waals surface area contributed by atoms with Crippen molar-refractivity contribution in [2.24, 2.45) is 5.92 Å². The van der Waals surface area contributed by atoms with Gasteiger partial charge in [0.2, 0.25) is 10.0 Å². The molecule has 0 aromatic heterocycles. The highest BCUT2D eigenvalue weighted by atomic mass is 32.2. The molecule has 2 aliphatic rings. The molecule has 0 bridgehead atoms. The predicted molar refractivity (Wildman–Crippen MR) is 82.0 cm³/mol. The van der Waals surface area contributed by atoms with Crippen LogP contribution in [0.2, 0.25) is 0 Å². The van der Waals surface area contributed by atoms with Gasteiger partial charge in [0.1, 0.15) is 6.04 Å². The summed E-state index contributed by atoms with van der Waals surface area (Å²) in [6.07, 6.45) is 3.88. The number of hydrogen-bond acceptors (Lipinski definition) is 4. The molecule has 6 nitrogen and oxygen atoms in total. The average Bonchev–Trinajstić information content (AvgIpc) is 2.95. The minimum absolute atomic E-state index is 0.00553. The van der Waals surface area contributed by atoms with Gasteiger partial charge >= 0.3 is 5.97 Å². The van der Waals surface area contributed by atoms with Crippen molar-refractivity contribution in [3.8, 4) is 6.07 Å². The maximum Gasteiger partial charge on any atom is 0.322 e. The molecule has 2 fully saturated rings. The molecule has 0 unspecified atom stereocenters. The lowest BCUT2D eigenvalue weighted by Gasteiger charge is -2.32. The molecule has 0 amide bonds. The molecule has 0 radical (unpaired) electrons. The van der Waals surface area contributed by atoms with Crippen molar-refractivity contribution in [3.05, 3.63) is 29.8 Å². The average molecular weight is 334 g/mol. The maximum absolute atomic E-state index is 13.0. The molecule has 3 rings (SSSR count). The molecule has 122 valence electrons. The van der Waals surface area contributed by atoms with E-state index in [0.717, 1.165) is 19.3 Å². The van der Waals surface area contributed by atoms with Crippen LogP contribution in [0.15, 0.2) is 29.2 Å². The highest BCUT2D eigenvalue weighted by molar-refractivity contribution is 7.89. The zero-order valence-electron chi connectivity index (χ0n) is 12.6. The molecular formula is C16H18N2O4S. The molecule has 1 saturated carbocycles. The zero-order chi connectivity index (χ0) is 16.6. The molecule has 1 N–H and O–H groups in total. The fraction of sp³-hybridized carbons (Fsp3) is 0.500. The number of sulfonamides is 1. The number of aliphatic carboxylic acids is 1. The van der Waals surface area contributed by atoms with Crippen molar-refractivity contribution in [2.45, 2.75) is 49.1 Å². The second kappa shape index (κ2) is 5.95. The number of carboxylic acids is 1. The Morgan fingerprint density at radius 3 is 2.74 bits per heavy atom. The van der Waals surface area contributed by atoms with Crippen LogP contribution < -0.4 is 0 Å². The molecular weight excluding hydrogens is 316 g/mol. The van der Waals surface area contributed by atoms with Gasteiger partial charge < -0.3 is 5.11 Å². The number of fused-ring (bicyclic) bond motifs is 1. The molecule has 23 heavy (non-hydrogen) atoms. The Morgan fingerprint density at radius 2 is 2.04 bits per heavy atom. The number of hydrogen-bond donors (Lipinski definition) is 1. The molecule has 7 heteroatoms. The smallest absolute Gasteiger partial charge is 0.322 e. The van der Waals surface area contributed by atoms with Crippen LogP contribution in [0.3, 0.4) is 0 Å². The van der Waals surface area contributed by atoms with E-state index in [9.17, 15) is 18.3 Å². The van der Waals surface area contributed by atoms with Crippen LogP contribution in [0.25, 0.3) is 0 Å². The first-order valence-corrected chi connectivity index (χ1v) is 9.15. The van der Waals surface area contributed by atoms with Crippen LogP contribution in [0, 0.1) is 17.2 Å². The van der Waals surface area contributed by atoms with Crippen LogP contribution in [0.5, 0.6) is 0 Å². The van der Waals surface area contributed by atoms with Gasteiger partial charge in [-0.05, 0) is 43.4 Å². The first kappa shape index (κ1) is 16.0. The van der Waals surface area contributed by atoms with Crippen LogP contribution in [0.1, 0.15) is 37.7 Å². The number of carboxylic acid groups (broad SMARTS) is 1. The van der Waals surface area contributed by atoms with Gasteiger partial charge in [0.05, 0.1) is 16.5 Å². The summed E-state index contributed by atoms with van der Waals surface area (Å²) in [4.78, 5) is 11.6. The summed E-state index contributed by atoms with van der Waals surface area (Å²) in [5.74, 6) is -0.988. The van der Waals surface area contributed by atoms with Gasteiger partial charge in [-0.2, -0.15) is 9.57 Å². The lowest BCUT2D eigenvalue weighted by molar-refractivity contribution is -0.141. The summed E-state index contributed by atoms with van der Waals surface area (Å²) in [6, 6.07) is 6.43. The first-order valence-electron chi connectivity index (χ1n) is 7.71. The Labute approximate surface area is 135 Å². The fourth-order valence-electron chi connectivity index (χ4n) is 3.82. The number of carbonyl (C=O) groups is 1. The van der Waals surface area contributed by atoms with Gasteiger partial charge in [-0.1, -0.05) is 18.9 Å². The lowest BCUT2D eigenvalue weighted by Crippen LogP contribution is -2.46. The van der Waals surface area contributed by atoms with Gasteiger partial charge in [-0.15, -0.1) is 0 Å². The van der Waals surface area contributed by atoms with Crippen molar-refractivity contribution < 1.29 is 18.3 Å². The van der Waals surface area contributed by atoms with Crippen molar-refractivity contribution in [3.63, 3.8) is 0 Å². The zero-order valence-corrected chi connectivity index (χ0v) is 13.4. The van der Waals surface area contributed by atoms with Crippen LogP contribution in [0.4, 0.5) is 0 Å². The highest BCUT2D eigenvalue weighted by Crippen LogP contribution is 2.42. The highest BCUT2D eigenvalue weighted by Gasteiger charge is 2.51. The topological polar surface area (TPSA) is 98.5 Å². The standard InChI is InChI=1S/C16H18N2O4S/c17-10-11-4-3-6-13(8-11)23(21,22)18-14-7-2-1-5-12(14)9-15(18)16(19)20/h3-4,6,8,12,14-15H,1-2,5,7,9H2,(H,19,20)/t12-,14-,15-/m1/s1. The molecule has 1 aromatic rings. The number of nitriles is 1. The summed E-state index contributed by atoms with van der Waals surface area (Å²) >= 11 is 0. The van der Waals surface area contributed by atoms with Crippen molar-refractivity contribution in [1.29, 1.82) is 5.26 Å². The summed E-state index contributed by atoms with van der Waals surface area (Å²) < 4.78 is 27.2. The molecule has 0 spiro atoms. The third-order valence-electron chi connectivity index (χ3n) is 4.85. The third-order valence-corrected chi connectivity index (χ3v) is 6.78. The van der Waals surface area contributed by atoms with E-state index in [1.807, 2.05) is 6.07 Å². The van der Waals surface area contributed by atoms with Crippen molar-refractivity contribution in [2.75, 3.05) is 0 Å². The Morgan fingerprint density at radius 1 is 1.30 bits per heavy atom. The van der Waals surface area contributed by atoms with E-state index in [1.165, 1.54) is 28.6 Å². The van der Waals surface area contributed by atoms with E-state index in [2.05, 4.69) is 0 Å². The second-order valence-electron chi connectivity index (χ2n) is 6.18. The van der Waals surface area contributed by atoms with Gasteiger partial charge in [-0.3, -0.25) is 4.79 Å². The van der Waals surface area contributed by atoms with Crippen LogP contribution in [-0.2, 0) is 14.8 Å². The van der Waals surface area contributed by atoms with Crippen molar-refractivity contribution >= 4 is 16.0 Å². The fourth-order valence-corrected chi connectivity index (χ4v) is 5.74. The largest absolute Gasteiger partial charge is 0.480 e. The van der Waals surface area contributed by atoms with E-state index >= 15 is 0 Å². The molecule has 3 atom stereocenters. The van der Waals surface area contributed by atoms with Crippen LogP contribution >= 0.6 is 0 Å². The summed E-state index contributed by atoms with van der Waals surface area (Å²) in [7, 11) is -3.93. The summed E-state index contributed by atoms with van der Waals surface area (Å²) in [5.41, 5.74) is 0.248. The van der Waals surface area contributed by atoms with E-state index in [4.69, 9.17) is 5.26 Å². The quantitative estimate of drug-likeness (QED) is 0.911. The van der Waals surface area contributed by atoms with E-state index in [0.29, 0.717) is 12.8 Å². The third kappa shape index (κ3) is 2.73. The Hall–Kier alpha value is -1.91. The van der Waals surface area contributed by atoms with Crippen molar-refractivity contribution in [1.82, 2.24) is 4.31 Å². The summed E-state index contributed by atoms with van der Waals surface area (Å²) in [6.45, 7) is 0. The van der Waals surface area contributed by atoms with Gasteiger partial charge in [-0.25, -0.2) is 8.42 Å². The van der Waals surface area contributed by atoms with E-state index < -0.39 is 22.0 Å². The molecule has 1 heterocycles. The second-order valence-corrected chi connectivity index (χ2v) is 8.02. The minimum atomic E-state index is -3.93. The molecule has 1 saturated heterocycles. The summed E-state index contributed by atoms with van der Waals surface area (Å²) in [5, 5.41) is 18.5. The number of nitrogens with zero attached hydrogens (tertiary/aromatic N) is 2. The van der Waals surface area contributed by atoms with E-state index in [1.54, 1.807) is 0 Å². The SMILES string of the molecule is N#Cc1cccc(S(=O)(=O)N2[C@@H](C(=O)O)C[C@H]3CCCC[C@H]32)c1. The monoisotopic (exact) mass is 334 g/mol. The van der Waals surface area contributed by atoms with Gasteiger partial charge in [0.25, 0.3) is 0 Å². The lowest BCUT2D eigenvalue weighted by atomic mass is 9.85. The van der Waals surface area contributed by atoms with E-state index in [-0.39, 0.29) is 22.4 Å². The first-order chi connectivity index (χ1) is 10.9. The maximum atomic E-state index is 13.0. The number of benzene rings is 1. The van der Waals surface area contributed by atoms with Gasteiger partial charge in [0, 0.05) is 6.04 Å². The Kier molecular flexibility index (Phi) is 4.13. The number of rotatable bonds is 3. The Balaban J connectivity index is 2.05. The molecule has 1 aromatic carbocycles. The molecule has 1 aliphatic heterocycles.